The Hall–Kier alpha value is -4.15. The molecule has 0 aliphatic carbocycles. The number of rotatable bonds is 6. The van der Waals surface area contributed by atoms with Gasteiger partial charge in [0.1, 0.15) is 6.04 Å². The molecular formula is C36H43BrF3N9O3. The van der Waals surface area contributed by atoms with E-state index in [-0.39, 0.29) is 34.1 Å². The predicted molar refractivity (Wildman–Crippen MR) is 196 cm³/mol. The van der Waals surface area contributed by atoms with Crippen LogP contribution >= 0.6 is 15.9 Å². The summed E-state index contributed by atoms with van der Waals surface area (Å²) in [6.45, 7) is 5.57. The van der Waals surface area contributed by atoms with E-state index in [0.717, 1.165) is 56.0 Å². The summed E-state index contributed by atoms with van der Waals surface area (Å²) in [6.07, 6.45) is -0.596. The molecule has 5 heterocycles. The minimum absolute atomic E-state index is 0.0700. The number of aromatic amines is 1. The van der Waals surface area contributed by atoms with Gasteiger partial charge in [0.2, 0.25) is 5.91 Å². The number of halogens is 4. The lowest BCUT2D eigenvalue weighted by Crippen LogP contribution is -2.57. The number of fused-ring (bicyclic) bond motifs is 3. The maximum atomic E-state index is 14.1. The Labute approximate surface area is 307 Å². The number of piperazine rings is 1. The van der Waals surface area contributed by atoms with E-state index in [9.17, 15) is 27.6 Å². The number of nitrogens with one attached hydrogen (secondary N) is 2. The zero-order valence-electron chi connectivity index (χ0n) is 29.0. The van der Waals surface area contributed by atoms with E-state index in [1.165, 1.54) is 6.07 Å². The number of benzene rings is 2. The number of H-pyrrole nitrogens is 1. The first-order valence-corrected chi connectivity index (χ1v) is 18.6. The summed E-state index contributed by atoms with van der Waals surface area (Å²) in [5.41, 5.74) is 6.49. The second-order valence-corrected chi connectivity index (χ2v) is 15.0. The topological polar surface area (TPSA) is 136 Å². The van der Waals surface area contributed by atoms with Crippen molar-refractivity contribution >= 4 is 55.5 Å². The third kappa shape index (κ3) is 7.37. The molecule has 3 saturated heterocycles. The smallest absolute Gasteiger partial charge is 0.397 e. The molecular weight excluding hydrogens is 743 g/mol. The second kappa shape index (κ2) is 14.7. The van der Waals surface area contributed by atoms with Crippen LogP contribution in [0.5, 0.6) is 0 Å². The average Bonchev–Trinajstić information content (AvgIpc) is 3.48. The van der Waals surface area contributed by atoms with Crippen LogP contribution in [-0.4, -0.2) is 118 Å². The van der Waals surface area contributed by atoms with Crippen LogP contribution < -0.4 is 16.7 Å². The molecule has 2 aromatic heterocycles. The summed E-state index contributed by atoms with van der Waals surface area (Å²) in [7, 11) is 2.11. The molecule has 0 spiro atoms. The number of hydrogen-bond donors (Lipinski definition) is 3. The molecule has 3 aliphatic heterocycles. The first kappa shape index (κ1) is 36.2. The number of alkyl halides is 3. The maximum absolute atomic E-state index is 14.1. The quantitative estimate of drug-likeness (QED) is 0.246. The van der Waals surface area contributed by atoms with E-state index in [1.807, 2.05) is 24.3 Å². The third-order valence-corrected chi connectivity index (χ3v) is 11.6. The number of amides is 3. The van der Waals surface area contributed by atoms with Gasteiger partial charge in [-0.15, -0.1) is 0 Å². The van der Waals surface area contributed by atoms with Crippen molar-refractivity contribution in [3.63, 3.8) is 0 Å². The maximum Gasteiger partial charge on any atom is 0.418 e. The monoisotopic (exact) mass is 785 g/mol. The van der Waals surface area contributed by atoms with Crippen molar-refractivity contribution in [2.24, 2.45) is 0 Å². The number of piperidine rings is 2. The molecule has 0 unspecified atom stereocenters. The molecule has 4 aromatic rings. The zero-order chi connectivity index (χ0) is 36.7. The van der Waals surface area contributed by atoms with Crippen LogP contribution in [0, 0.1) is 0 Å². The van der Waals surface area contributed by atoms with Gasteiger partial charge in [0.25, 0.3) is 0 Å². The van der Waals surface area contributed by atoms with E-state index in [0.29, 0.717) is 56.1 Å². The molecule has 12 nitrogen and oxygen atoms in total. The molecule has 16 heteroatoms. The molecule has 7 rings (SSSR count). The zero-order valence-corrected chi connectivity index (χ0v) is 30.5. The van der Waals surface area contributed by atoms with Crippen LogP contribution in [0.3, 0.4) is 0 Å². The predicted octanol–water partition coefficient (Wildman–Crippen LogP) is 4.44. The highest BCUT2D eigenvalue weighted by Crippen LogP contribution is 2.38. The number of urea groups is 1. The van der Waals surface area contributed by atoms with Gasteiger partial charge in [-0.05, 0) is 72.4 Å². The van der Waals surface area contributed by atoms with E-state index >= 15 is 0 Å². The van der Waals surface area contributed by atoms with Gasteiger partial charge in [-0.3, -0.25) is 19.2 Å². The molecule has 0 bridgehead atoms. The van der Waals surface area contributed by atoms with E-state index in [2.05, 4.69) is 48.1 Å². The Morgan fingerprint density at radius 2 is 1.63 bits per heavy atom. The van der Waals surface area contributed by atoms with Gasteiger partial charge in [0.15, 0.2) is 0 Å². The van der Waals surface area contributed by atoms with Crippen molar-refractivity contribution in [1.29, 1.82) is 0 Å². The Morgan fingerprint density at radius 1 is 0.981 bits per heavy atom. The van der Waals surface area contributed by atoms with Crippen molar-refractivity contribution in [3.8, 4) is 0 Å². The standard InChI is InChI=1S/C36H43BrF3N9O3/c1-45-14-16-46(17-15-45)23-6-10-47(11-7-23)33(50)29(20-22-18-26(36(38,39)40)31(41)27(37)19-22)43-34(51)48-12-8-24(9-13-48)49-30-21-42-28-5-3-2-4-25(28)32(30)44-35(49)52/h2-5,18-19,21,23-24,29H,6-17,20,41H2,1H3,(H,43,51)(H,44,52)/t29-/m1/s1. The molecule has 3 aliphatic rings. The Morgan fingerprint density at radius 3 is 2.33 bits per heavy atom. The van der Waals surface area contributed by atoms with Gasteiger partial charge >= 0.3 is 17.9 Å². The van der Waals surface area contributed by atoms with E-state index < -0.39 is 29.5 Å². The number of likely N-dealkylation sites (tertiary alicyclic amines) is 2. The summed E-state index contributed by atoms with van der Waals surface area (Å²) in [4.78, 5) is 56.7. The van der Waals surface area contributed by atoms with Crippen molar-refractivity contribution in [3.05, 3.63) is 68.7 Å². The minimum atomic E-state index is -4.70. The lowest BCUT2D eigenvalue weighted by atomic mass is 9.98. The number of nitrogen functional groups attached to an aromatic ring is 1. The number of pyridine rings is 1. The number of nitrogens with two attached hydrogens (primary N) is 1. The number of likely N-dealkylation sites (N-methyl/N-ethyl adjacent to an activating group) is 1. The number of carbonyl (C=O) groups excluding carboxylic acids is 2. The third-order valence-electron chi connectivity index (χ3n) is 10.9. The van der Waals surface area contributed by atoms with Crippen LogP contribution in [0.2, 0.25) is 0 Å². The second-order valence-electron chi connectivity index (χ2n) is 14.2. The molecule has 3 amide bonds. The summed E-state index contributed by atoms with van der Waals surface area (Å²) in [5, 5.41) is 3.73. The number of imidazole rings is 1. The van der Waals surface area contributed by atoms with Gasteiger partial charge in [-0.1, -0.05) is 18.2 Å². The highest BCUT2D eigenvalue weighted by Gasteiger charge is 2.37. The largest absolute Gasteiger partial charge is 0.418 e. The number of para-hydroxylation sites is 1. The molecule has 3 fully saturated rings. The van der Waals surface area contributed by atoms with Crippen molar-refractivity contribution < 1.29 is 22.8 Å². The molecule has 52 heavy (non-hydrogen) atoms. The van der Waals surface area contributed by atoms with Gasteiger partial charge in [0.05, 0.1) is 34.0 Å². The van der Waals surface area contributed by atoms with Crippen molar-refractivity contribution in [1.82, 2.24) is 39.5 Å². The molecule has 0 radical (unpaired) electrons. The van der Waals surface area contributed by atoms with E-state index in [4.69, 9.17) is 5.73 Å². The highest BCUT2D eigenvalue weighted by molar-refractivity contribution is 9.10. The first-order chi connectivity index (χ1) is 24.9. The fourth-order valence-electron chi connectivity index (χ4n) is 7.97. The number of aromatic nitrogens is 3. The highest BCUT2D eigenvalue weighted by atomic mass is 79.9. The van der Waals surface area contributed by atoms with Crippen LogP contribution in [0.1, 0.15) is 42.9 Å². The molecule has 278 valence electrons. The summed E-state index contributed by atoms with van der Waals surface area (Å²) in [6, 6.07) is 8.61. The lowest BCUT2D eigenvalue weighted by molar-refractivity contribution is -0.137. The first-order valence-electron chi connectivity index (χ1n) is 17.8. The van der Waals surface area contributed by atoms with Crippen LogP contribution in [0.4, 0.5) is 23.7 Å². The SMILES string of the molecule is CN1CCN(C2CCN(C(=O)[C@@H](Cc3cc(Br)c(N)c(C(F)(F)F)c3)NC(=O)N3CCC(n4c(=O)[nH]c5c6ccccc6ncc54)CC3)CC2)CC1. The van der Waals surface area contributed by atoms with Crippen LogP contribution in [0.25, 0.3) is 21.9 Å². The van der Waals surface area contributed by atoms with Crippen LogP contribution in [-0.2, 0) is 17.4 Å². The summed E-state index contributed by atoms with van der Waals surface area (Å²) < 4.78 is 43.4. The normalized spacial score (nSPS) is 19.4. The van der Waals surface area contributed by atoms with Crippen molar-refractivity contribution in [2.75, 3.05) is 65.1 Å². The Bertz CT molecular complexity index is 2010. The fraction of sp³-hybridized carbons (Fsp3) is 0.500. The number of hydrogen-bond acceptors (Lipinski definition) is 7. The van der Waals surface area contributed by atoms with Gasteiger partial charge in [-0.2, -0.15) is 13.2 Å². The van der Waals surface area contributed by atoms with Gasteiger partial charge < -0.3 is 30.7 Å². The lowest BCUT2D eigenvalue weighted by Gasteiger charge is -2.42. The number of carbonyl (C=O) groups is 2. The van der Waals surface area contributed by atoms with Gasteiger partial charge in [0, 0.05) is 80.7 Å². The molecule has 0 saturated carbocycles. The summed E-state index contributed by atoms with van der Waals surface area (Å²) >= 11 is 3.15. The van der Waals surface area contributed by atoms with Gasteiger partial charge in [-0.25, -0.2) is 9.59 Å². The molecule has 2 aromatic carbocycles. The number of nitrogens with zero attached hydrogens (tertiary/aromatic N) is 6. The van der Waals surface area contributed by atoms with Crippen molar-refractivity contribution in [2.45, 2.75) is 56.4 Å². The van der Waals surface area contributed by atoms with Crippen LogP contribution in [0.15, 0.2) is 51.9 Å². The molecule has 1 atom stereocenters. The minimum Gasteiger partial charge on any atom is -0.397 e. The number of anilines is 1. The summed E-state index contributed by atoms with van der Waals surface area (Å²) in [5.74, 6) is -0.327. The fourth-order valence-corrected chi connectivity index (χ4v) is 8.48. The Kier molecular flexibility index (Phi) is 10.2. The average molecular weight is 787 g/mol. The van der Waals surface area contributed by atoms with E-state index in [1.54, 1.807) is 20.6 Å². The Balaban J connectivity index is 1.06. The molecule has 4 N–H and O–H groups in total.